The molecule has 0 radical (unpaired) electrons. The first-order valence-electron chi connectivity index (χ1n) is 6.51. The van der Waals surface area contributed by atoms with Gasteiger partial charge in [-0.1, -0.05) is 6.92 Å². The molecule has 2 N–H and O–H groups in total. The first kappa shape index (κ1) is 14.4. The van der Waals surface area contributed by atoms with Crippen molar-refractivity contribution in [3.8, 4) is 0 Å². The maximum absolute atomic E-state index is 11.1. The number of nitro benzene ring substituents is 2. The summed E-state index contributed by atoms with van der Waals surface area (Å²) in [6.45, 7) is 2.11. The quantitative estimate of drug-likeness (QED) is 0.672. The normalized spacial score (nSPS) is 25.6. The van der Waals surface area contributed by atoms with Crippen LogP contribution in [0.3, 0.4) is 0 Å². The van der Waals surface area contributed by atoms with Crippen LogP contribution in [0.2, 0.25) is 0 Å². The Morgan fingerprint density at radius 2 is 2.05 bits per heavy atom. The Morgan fingerprint density at radius 1 is 1.35 bits per heavy atom. The molecule has 2 unspecified atom stereocenters. The maximum atomic E-state index is 11.1. The highest BCUT2D eigenvalue weighted by Crippen LogP contribution is 2.37. The molecule has 20 heavy (non-hydrogen) atoms. The minimum atomic E-state index is -0.632. The minimum Gasteiger partial charge on any atom is -0.325 e. The number of hydrogen-bond donors (Lipinski definition) is 1. The van der Waals surface area contributed by atoms with E-state index in [1.807, 2.05) is 0 Å². The zero-order chi connectivity index (χ0) is 14.9. The van der Waals surface area contributed by atoms with E-state index in [9.17, 15) is 20.2 Å². The average Bonchev–Trinajstić information content (AvgIpc) is 2.68. The van der Waals surface area contributed by atoms with Gasteiger partial charge in [0.05, 0.1) is 15.9 Å². The molecule has 0 aliphatic heterocycles. The second kappa shape index (κ2) is 5.16. The number of nitrogens with zero attached hydrogens (tertiary/aromatic N) is 2. The van der Waals surface area contributed by atoms with Gasteiger partial charge in [-0.15, -0.1) is 0 Å². The van der Waals surface area contributed by atoms with E-state index in [2.05, 4.69) is 6.92 Å². The van der Waals surface area contributed by atoms with Crippen LogP contribution >= 0.6 is 0 Å². The third kappa shape index (κ3) is 2.93. The van der Waals surface area contributed by atoms with Crippen molar-refractivity contribution >= 4 is 11.4 Å². The lowest BCUT2D eigenvalue weighted by Crippen LogP contribution is -2.39. The monoisotopic (exact) mass is 279 g/mol. The number of rotatable bonds is 4. The fourth-order valence-electron chi connectivity index (χ4n) is 2.96. The summed E-state index contributed by atoms with van der Waals surface area (Å²) in [4.78, 5) is 20.6. The molecule has 0 heterocycles. The number of nitro groups is 2. The van der Waals surface area contributed by atoms with Crippen molar-refractivity contribution in [1.29, 1.82) is 0 Å². The lowest BCUT2D eigenvalue weighted by atomic mass is 9.88. The molecule has 2 atom stereocenters. The van der Waals surface area contributed by atoms with E-state index in [4.69, 9.17) is 5.73 Å². The summed E-state index contributed by atoms with van der Waals surface area (Å²) in [5.74, 6) is 0.511. The van der Waals surface area contributed by atoms with Gasteiger partial charge >= 0.3 is 0 Å². The Hall–Kier alpha value is -2.02. The molecule has 0 aromatic heterocycles. The van der Waals surface area contributed by atoms with Gasteiger partial charge in [-0.05, 0) is 37.7 Å². The van der Waals surface area contributed by atoms with Crippen LogP contribution in [0.1, 0.15) is 31.7 Å². The molecule has 7 nitrogen and oxygen atoms in total. The first-order valence-corrected chi connectivity index (χ1v) is 6.51. The van der Waals surface area contributed by atoms with Crippen molar-refractivity contribution in [2.45, 2.75) is 38.1 Å². The van der Waals surface area contributed by atoms with Crippen LogP contribution in [0.4, 0.5) is 11.4 Å². The van der Waals surface area contributed by atoms with Gasteiger partial charge < -0.3 is 5.73 Å². The van der Waals surface area contributed by atoms with Crippen LogP contribution in [-0.2, 0) is 6.42 Å². The summed E-state index contributed by atoms with van der Waals surface area (Å²) in [6, 6.07) is 3.76. The summed E-state index contributed by atoms with van der Waals surface area (Å²) in [6.07, 6.45) is 3.03. The molecule has 1 aliphatic carbocycles. The van der Waals surface area contributed by atoms with E-state index in [0.29, 0.717) is 17.9 Å². The van der Waals surface area contributed by atoms with Gasteiger partial charge in [0.1, 0.15) is 0 Å². The Bertz CT molecular complexity index is 561. The number of non-ortho nitro benzene ring substituents is 1. The minimum absolute atomic E-state index is 0.219. The predicted molar refractivity (Wildman–Crippen MR) is 73.4 cm³/mol. The van der Waals surface area contributed by atoms with Gasteiger partial charge in [0.2, 0.25) is 0 Å². The van der Waals surface area contributed by atoms with Crippen molar-refractivity contribution in [2.75, 3.05) is 0 Å². The van der Waals surface area contributed by atoms with Crippen molar-refractivity contribution in [3.63, 3.8) is 0 Å². The average molecular weight is 279 g/mol. The third-order valence-electron chi connectivity index (χ3n) is 3.91. The van der Waals surface area contributed by atoms with Gasteiger partial charge in [0, 0.05) is 17.2 Å². The van der Waals surface area contributed by atoms with Gasteiger partial charge in [-0.3, -0.25) is 20.2 Å². The fourth-order valence-corrected chi connectivity index (χ4v) is 2.96. The van der Waals surface area contributed by atoms with E-state index in [-0.39, 0.29) is 11.4 Å². The second-order valence-corrected chi connectivity index (χ2v) is 5.71. The molecule has 0 bridgehead atoms. The van der Waals surface area contributed by atoms with Crippen molar-refractivity contribution in [2.24, 2.45) is 11.7 Å². The Kier molecular flexibility index (Phi) is 3.71. The standard InChI is InChI=1S/C13H17N3O4/c1-9-4-5-13(14,7-9)8-10-2-3-11(15(17)18)6-12(10)16(19)20/h2-3,6,9H,4-5,7-8,14H2,1H3. The van der Waals surface area contributed by atoms with Crippen LogP contribution in [-0.4, -0.2) is 15.4 Å². The van der Waals surface area contributed by atoms with E-state index in [1.54, 1.807) is 0 Å². The summed E-state index contributed by atoms with van der Waals surface area (Å²) in [5, 5.41) is 21.8. The Balaban J connectivity index is 2.32. The van der Waals surface area contributed by atoms with Gasteiger partial charge in [0.25, 0.3) is 11.4 Å². The Labute approximate surface area is 116 Å². The summed E-state index contributed by atoms with van der Waals surface area (Å²) in [7, 11) is 0. The molecule has 0 spiro atoms. The van der Waals surface area contributed by atoms with Crippen molar-refractivity contribution < 1.29 is 9.85 Å². The lowest BCUT2D eigenvalue weighted by molar-refractivity contribution is -0.394. The molecule has 1 fully saturated rings. The lowest BCUT2D eigenvalue weighted by Gasteiger charge is -2.23. The van der Waals surface area contributed by atoms with E-state index < -0.39 is 15.4 Å². The number of benzene rings is 1. The van der Waals surface area contributed by atoms with E-state index in [1.165, 1.54) is 12.1 Å². The van der Waals surface area contributed by atoms with Crippen LogP contribution in [0.5, 0.6) is 0 Å². The summed E-state index contributed by atoms with van der Waals surface area (Å²) in [5.41, 5.74) is 5.83. The largest absolute Gasteiger partial charge is 0.325 e. The van der Waals surface area contributed by atoms with Crippen molar-refractivity contribution in [1.82, 2.24) is 0 Å². The molecule has 2 rings (SSSR count). The second-order valence-electron chi connectivity index (χ2n) is 5.71. The van der Waals surface area contributed by atoms with E-state index >= 15 is 0 Å². The smallest absolute Gasteiger partial charge is 0.279 e. The van der Waals surface area contributed by atoms with Crippen LogP contribution in [0, 0.1) is 26.1 Å². The third-order valence-corrected chi connectivity index (χ3v) is 3.91. The molecule has 1 aromatic carbocycles. The molecule has 0 amide bonds. The highest BCUT2D eigenvalue weighted by molar-refractivity contribution is 5.49. The van der Waals surface area contributed by atoms with Crippen LogP contribution in [0.15, 0.2) is 18.2 Å². The van der Waals surface area contributed by atoms with Gasteiger partial charge in [-0.2, -0.15) is 0 Å². The Morgan fingerprint density at radius 3 is 2.55 bits per heavy atom. The summed E-state index contributed by atoms with van der Waals surface area (Å²) < 4.78 is 0. The molecule has 1 aliphatic rings. The zero-order valence-electron chi connectivity index (χ0n) is 11.2. The van der Waals surface area contributed by atoms with Crippen LogP contribution < -0.4 is 5.73 Å². The first-order chi connectivity index (χ1) is 9.31. The maximum Gasteiger partial charge on any atom is 0.279 e. The van der Waals surface area contributed by atoms with E-state index in [0.717, 1.165) is 25.3 Å². The summed E-state index contributed by atoms with van der Waals surface area (Å²) >= 11 is 0. The predicted octanol–water partition coefficient (Wildman–Crippen LogP) is 2.56. The van der Waals surface area contributed by atoms with Crippen LogP contribution in [0.25, 0.3) is 0 Å². The van der Waals surface area contributed by atoms with Crippen molar-refractivity contribution in [3.05, 3.63) is 44.0 Å². The molecule has 7 heteroatoms. The van der Waals surface area contributed by atoms with Gasteiger partial charge in [-0.25, -0.2) is 0 Å². The topological polar surface area (TPSA) is 112 Å². The highest BCUT2D eigenvalue weighted by atomic mass is 16.6. The molecule has 1 saturated carbocycles. The fraction of sp³-hybridized carbons (Fsp3) is 0.538. The zero-order valence-corrected chi connectivity index (χ0v) is 11.2. The van der Waals surface area contributed by atoms with Gasteiger partial charge in [0.15, 0.2) is 0 Å². The molecule has 1 aromatic rings. The number of nitrogens with two attached hydrogens (primary N) is 1. The molecule has 108 valence electrons. The number of hydrogen-bond acceptors (Lipinski definition) is 5. The molecular formula is C13H17N3O4. The highest BCUT2D eigenvalue weighted by Gasteiger charge is 2.35. The SMILES string of the molecule is CC1CCC(N)(Cc2ccc([N+](=O)[O-])cc2[N+](=O)[O-])C1. The molecule has 0 saturated heterocycles. The molecular weight excluding hydrogens is 262 g/mol.